The maximum atomic E-state index is 12.9. The molecule has 0 heterocycles. The van der Waals surface area contributed by atoms with Crippen molar-refractivity contribution in [3.05, 3.63) is 46.4 Å². The van der Waals surface area contributed by atoms with Crippen LogP contribution in [0.1, 0.15) is 81.5 Å². The number of nitrogens with one attached hydrogen (secondary N) is 1. The number of aliphatic hydroxyl groups is 1. The normalized spacial score (nSPS) is 10.8. The number of methoxy groups -OCH3 is 1. The summed E-state index contributed by atoms with van der Waals surface area (Å²) in [6.45, 7) is 3.00. The molecule has 0 aliphatic heterocycles. The Morgan fingerprint density at radius 2 is 1.65 bits per heavy atom. The second kappa shape index (κ2) is 16.6. The summed E-state index contributed by atoms with van der Waals surface area (Å²) >= 11 is 3.55. The molecule has 5 nitrogen and oxygen atoms in total. The van der Waals surface area contributed by atoms with Gasteiger partial charge in [-0.05, 0) is 52.2 Å². The minimum Gasteiger partial charge on any atom is -0.497 e. The van der Waals surface area contributed by atoms with Crippen molar-refractivity contribution >= 4 is 21.8 Å². The van der Waals surface area contributed by atoms with Crippen molar-refractivity contribution in [2.45, 2.75) is 71.1 Å². The Bertz CT molecular complexity index is 871. The van der Waals surface area contributed by atoms with E-state index < -0.39 is 0 Å². The van der Waals surface area contributed by atoms with Crippen LogP contribution >= 0.6 is 15.9 Å². The molecule has 2 aromatic rings. The first-order valence-corrected chi connectivity index (χ1v) is 13.4. The summed E-state index contributed by atoms with van der Waals surface area (Å²) in [4.78, 5) is 12.9. The molecular formula is C28H40BrNO4. The molecule has 0 saturated carbocycles. The maximum Gasteiger partial charge on any atom is 0.251 e. The lowest BCUT2D eigenvalue weighted by molar-refractivity contribution is 0.0952. The van der Waals surface area contributed by atoms with E-state index in [0.29, 0.717) is 22.3 Å². The molecule has 0 radical (unpaired) electrons. The number of hydrogen-bond acceptors (Lipinski definition) is 4. The molecule has 0 fully saturated rings. The van der Waals surface area contributed by atoms with Gasteiger partial charge in [-0.1, -0.05) is 76.8 Å². The number of rotatable bonds is 17. The summed E-state index contributed by atoms with van der Waals surface area (Å²) < 4.78 is 11.8. The summed E-state index contributed by atoms with van der Waals surface area (Å²) in [5.74, 6) is 1.21. The van der Waals surface area contributed by atoms with E-state index in [4.69, 9.17) is 9.47 Å². The minimum absolute atomic E-state index is 0.0922. The first-order valence-electron chi connectivity index (χ1n) is 12.6. The van der Waals surface area contributed by atoms with Gasteiger partial charge in [-0.2, -0.15) is 0 Å². The Kier molecular flexibility index (Phi) is 13.7. The standard InChI is InChI=1S/C28H40BrNO4/c1-3-4-5-6-7-8-9-10-11-12-16-30-28(32)23-20-25(22-14-13-15-24(19-22)33-2)27(26(29)21-23)34-18-17-31/h13-15,19-21,31H,3-12,16-18H2,1-2H3,(H,30,32). The van der Waals surface area contributed by atoms with Crippen molar-refractivity contribution in [3.8, 4) is 22.6 Å². The Labute approximate surface area is 213 Å². The second-order valence-electron chi connectivity index (χ2n) is 8.58. The number of aliphatic hydroxyl groups excluding tert-OH is 1. The van der Waals surface area contributed by atoms with Gasteiger partial charge in [0.15, 0.2) is 0 Å². The lowest BCUT2D eigenvalue weighted by Gasteiger charge is -2.16. The highest BCUT2D eigenvalue weighted by molar-refractivity contribution is 9.10. The topological polar surface area (TPSA) is 67.8 Å². The van der Waals surface area contributed by atoms with Crippen molar-refractivity contribution in [1.29, 1.82) is 0 Å². The van der Waals surface area contributed by atoms with Crippen LogP contribution < -0.4 is 14.8 Å². The molecule has 2 aromatic carbocycles. The van der Waals surface area contributed by atoms with Gasteiger partial charge in [0, 0.05) is 17.7 Å². The molecular weight excluding hydrogens is 494 g/mol. The number of carbonyl (C=O) groups is 1. The Hall–Kier alpha value is -2.05. The SMILES string of the molecule is CCCCCCCCCCCCNC(=O)c1cc(Br)c(OCCO)c(-c2cccc(OC)c2)c1. The van der Waals surface area contributed by atoms with E-state index >= 15 is 0 Å². The lowest BCUT2D eigenvalue weighted by atomic mass is 10.0. The molecule has 0 aliphatic rings. The molecule has 0 saturated heterocycles. The molecule has 0 spiro atoms. The molecule has 1 amide bonds. The van der Waals surface area contributed by atoms with E-state index in [0.717, 1.165) is 29.7 Å². The third kappa shape index (κ3) is 9.67. The first-order chi connectivity index (χ1) is 16.6. The van der Waals surface area contributed by atoms with Crippen LogP contribution in [0.2, 0.25) is 0 Å². The molecule has 0 unspecified atom stereocenters. The Morgan fingerprint density at radius 1 is 0.971 bits per heavy atom. The molecule has 34 heavy (non-hydrogen) atoms. The second-order valence-corrected chi connectivity index (χ2v) is 9.43. The van der Waals surface area contributed by atoms with Gasteiger partial charge >= 0.3 is 0 Å². The fraction of sp³-hybridized carbons (Fsp3) is 0.536. The quantitative estimate of drug-likeness (QED) is 0.212. The summed E-state index contributed by atoms with van der Waals surface area (Å²) in [6, 6.07) is 11.2. The Balaban J connectivity index is 1.92. The van der Waals surface area contributed by atoms with Gasteiger partial charge in [0.25, 0.3) is 5.91 Å². The number of benzene rings is 2. The zero-order valence-electron chi connectivity index (χ0n) is 20.7. The predicted octanol–water partition coefficient (Wildman–Crippen LogP) is 7.15. The molecule has 0 aromatic heterocycles. The van der Waals surface area contributed by atoms with Gasteiger partial charge in [0.05, 0.1) is 18.2 Å². The molecule has 0 aliphatic carbocycles. The third-order valence-corrected chi connectivity index (χ3v) is 6.43. The average molecular weight is 535 g/mol. The average Bonchev–Trinajstić information content (AvgIpc) is 2.86. The van der Waals surface area contributed by atoms with Crippen LogP contribution in [0.5, 0.6) is 11.5 Å². The van der Waals surface area contributed by atoms with Crippen LogP contribution in [-0.2, 0) is 0 Å². The van der Waals surface area contributed by atoms with E-state index in [1.165, 1.54) is 51.4 Å². The summed E-state index contributed by atoms with van der Waals surface area (Å²) in [5.41, 5.74) is 2.20. The highest BCUT2D eigenvalue weighted by atomic mass is 79.9. The molecule has 2 N–H and O–H groups in total. The van der Waals surface area contributed by atoms with Crippen LogP contribution in [0.25, 0.3) is 11.1 Å². The summed E-state index contributed by atoms with van der Waals surface area (Å²) in [7, 11) is 1.62. The number of amides is 1. The van der Waals surface area contributed by atoms with Crippen LogP contribution in [0.3, 0.4) is 0 Å². The zero-order chi connectivity index (χ0) is 24.6. The Morgan fingerprint density at radius 3 is 2.29 bits per heavy atom. The largest absolute Gasteiger partial charge is 0.497 e. The number of hydrogen-bond donors (Lipinski definition) is 2. The van der Waals surface area contributed by atoms with Crippen LogP contribution in [-0.4, -0.2) is 37.9 Å². The van der Waals surface area contributed by atoms with Gasteiger partial charge in [-0.3, -0.25) is 4.79 Å². The van der Waals surface area contributed by atoms with Crippen molar-refractivity contribution in [1.82, 2.24) is 5.32 Å². The van der Waals surface area contributed by atoms with E-state index in [1.807, 2.05) is 30.3 Å². The van der Waals surface area contributed by atoms with Gasteiger partial charge in [0.2, 0.25) is 0 Å². The zero-order valence-corrected chi connectivity index (χ0v) is 22.3. The first kappa shape index (κ1) is 28.2. The fourth-order valence-electron chi connectivity index (χ4n) is 3.94. The van der Waals surface area contributed by atoms with Crippen molar-refractivity contribution < 1.29 is 19.4 Å². The van der Waals surface area contributed by atoms with E-state index in [-0.39, 0.29) is 19.1 Å². The fourth-order valence-corrected chi connectivity index (χ4v) is 4.52. The van der Waals surface area contributed by atoms with Crippen molar-refractivity contribution in [2.24, 2.45) is 0 Å². The molecule has 2 rings (SSSR count). The molecule has 188 valence electrons. The van der Waals surface area contributed by atoms with Crippen molar-refractivity contribution in [3.63, 3.8) is 0 Å². The number of halogens is 1. The number of unbranched alkanes of at least 4 members (excludes halogenated alkanes) is 9. The minimum atomic E-state index is -0.102. The van der Waals surface area contributed by atoms with Gasteiger partial charge in [0.1, 0.15) is 18.1 Å². The summed E-state index contributed by atoms with van der Waals surface area (Å²) in [6.07, 6.45) is 12.7. The smallest absolute Gasteiger partial charge is 0.251 e. The van der Waals surface area contributed by atoms with E-state index in [1.54, 1.807) is 13.2 Å². The van der Waals surface area contributed by atoms with Crippen LogP contribution in [0, 0.1) is 0 Å². The van der Waals surface area contributed by atoms with Gasteiger partial charge < -0.3 is 19.9 Å². The van der Waals surface area contributed by atoms with Crippen molar-refractivity contribution in [2.75, 3.05) is 26.9 Å². The predicted molar refractivity (Wildman–Crippen MR) is 143 cm³/mol. The van der Waals surface area contributed by atoms with Gasteiger partial charge in [-0.15, -0.1) is 0 Å². The molecule has 0 bridgehead atoms. The highest BCUT2D eigenvalue weighted by Crippen LogP contribution is 2.39. The maximum absolute atomic E-state index is 12.9. The highest BCUT2D eigenvalue weighted by Gasteiger charge is 2.17. The van der Waals surface area contributed by atoms with E-state index in [9.17, 15) is 9.90 Å². The monoisotopic (exact) mass is 533 g/mol. The summed E-state index contributed by atoms with van der Waals surface area (Å²) in [5, 5.41) is 12.3. The number of ether oxygens (including phenoxy) is 2. The van der Waals surface area contributed by atoms with Gasteiger partial charge in [-0.25, -0.2) is 0 Å². The molecule has 0 atom stereocenters. The van der Waals surface area contributed by atoms with E-state index in [2.05, 4.69) is 28.2 Å². The lowest BCUT2D eigenvalue weighted by Crippen LogP contribution is -2.24. The van der Waals surface area contributed by atoms with Crippen LogP contribution in [0.15, 0.2) is 40.9 Å². The number of carbonyl (C=O) groups excluding carboxylic acids is 1. The molecule has 6 heteroatoms. The third-order valence-electron chi connectivity index (χ3n) is 5.84. The van der Waals surface area contributed by atoms with Crippen LogP contribution in [0.4, 0.5) is 0 Å².